The molecule has 12 nitrogen and oxygen atoms in total. The van der Waals surface area contributed by atoms with Crippen LogP contribution in [0.1, 0.15) is 46.4 Å². The van der Waals surface area contributed by atoms with Crippen molar-refractivity contribution in [2.75, 3.05) is 5.32 Å². The molecule has 3 heterocycles. The molecule has 2 aliphatic heterocycles. The normalized spacial score (nSPS) is 20.5. The maximum absolute atomic E-state index is 14.2. The van der Waals surface area contributed by atoms with Gasteiger partial charge in [0.05, 0.1) is 23.6 Å². The second-order valence-electron chi connectivity index (χ2n) is 12.9. The van der Waals surface area contributed by atoms with Crippen molar-refractivity contribution in [2.24, 2.45) is 5.92 Å². The summed E-state index contributed by atoms with van der Waals surface area (Å²) in [4.78, 5) is 81.2. The van der Waals surface area contributed by atoms with E-state index < -0.39 is 59.4 Å². The van der Waals surface area contributed by atoms with Gasteiger partial charge in [-0.25, -0.2) is 0 Å². The molecule has 0 saturated carbocycles. The Labute approximate surface area is 310 Å². The number of anilines is 1. The predicted molar refractivity (Wildman–Crippen MR) is 198 cm³/mol. The number of carbonyl (C=O) groups excluding carboxylic acids is 5. The fourth-order valence-corrected chi connectivity index (χ4v) is 6.75. The number of Topliss-reactive ketones (excluding diaryl/α,β-unsaturated/α-hetero) is 1. The van der Waals surface area contributed by atoms with Crippen molar-refractivity contribution in [3.8, 4) is 6.07 Å². The molecule has 0 saturated heterocycles. The Morgan fingerprint density at radius 1 is 0.698 bits per heavy atom. The number of carbonyl (C=O) groups is 6. The average Bonchev–Trinajstić information content (AvgIpc) is 3.67. The van der Waals surface area contributed by atoms with Gasteiger partial charge in [-0.1, -0.05) is 60.7 Å². The monoisotopic (exact) mass is 733 g/mol. The molecule has 4 aromatic rings. The summed E-state index contributed by atoms with van der Waals surface area (Å²) in [6.45, 7) is 0. The third-order valence-electron chi connectivity index (χ3n) is 8.88. The Morgan fingerprint density at radius 3 is 1.96 bits per heavy atom. The highest BCUT2D eigenvalue weighted by atomic mass is 32.1. The molecule has 2 aliphatic rings. The van der Waals surface area contributed by atoms with Gasteiger partial charge >= 0.3 is 5.97 Å². The first-order chi connectivity index (χ1) is 25.6. The Balaban J connectivity index is 1.50. The van der Waals surface area contributed by atoms with Crippen molar-refractivity contribution >= 4 is 52.4 Å². The van der Waals surface area contributed by atoms with E-state index in [1.54, 1.807) is 72.8 Å². The minimum atomic E-state index is -1.24. The van der Waals surface area contributed by atoms with Crippen molar-refractivity contribution in [3.63, 3.8) is 0 Å². The first-order valence-corrected chi connectivity index (χ1v) is 18.0. The van der Waals surface area contributed by atoms with Crippen LogP contribution in [-0.4, -0.2) is 58.6 Å². The second kappa shape index (κ2) is 18.4. The van der Waals surface area contributed by atoms with Crippen LogP contribution in [0.25, 0.3) is 0 Å². The van der Waals surface area contributed by atoms with Crippen molar-refractivity contribution < 1.29 is 33.9 Å². The van der Waals surface area contributed by atoms with Gasteiger partial charge in [0.2, 0.25) is 23.6 Å². The van der Waals surface area contributed by atoms with E-state index in [1.807, 2.05) is 29.6 Å². The number of nitriles is 1. The van der Waals surface area contributed by atoms with Gasteiger partial charge < -0.3 is 26.4 Å². The molecule has 3 aromatic carbocycles. The minimum Gasteiger partial charge on any atom is -0.481 e. The van der Waals surface area contributed by atoms with Gasteiger partial charge in [0.1, 0.15) is 12.1 Å². The molecule has 0 aliphatic carbocycles. The van der Waals surface area contributed by atoms with Crippen molar-refractivity contribution in [1.29, 1.82) is 5.26 Å². The third-order valence-corrected chi connectivity index (χ3v) is 9.78. The number of fused-ring (bicyclic) bond motifs is 18. The number of carboxylic acids is 1. The van der Waals surface area contributed by atoms with E-state index in [0.29, 0.717) is 22.4 Å². The summed E-state index contributed by atoms with van der Waals surface area (Å²) in [5.74, 6) is -5.13. The Hall–Kier alpha value is -6.13. The molecular formula is C40H39N5O7S. The summed E-state index contributed by atoms with van der Waals surface area (Å²) in [5, 5.41) is 32.3. The number of aliphatic carboxylic acids is 1. The number of carboxylic acid groups (broad SMARTS) is 1. The molecule has 0 fully saturated rings. The second-order valence-corrected chi connectivity index (χ2v) is 13.9. The van der Waals surface area contributed by atoms with Crippen LogP contribution in [0, 0.1) is 17.2 Å². The van der Waals surface area contributed by atoms with E-state index in [2.05, 4.69) is 21.3 Å². The summed E-state index contributed by atoms with van der Waals surface area (Å²) >= 11 is 1.39. The molecule has 4 atom stereocenters. The summed E-state index contributed by atoms with van der Waals surface area (Å²) < 4.78 is 0. The standard InChI is InChI=1S/C40H39N5O7S/c41-24-28-10-8-27(9-11-28)21-33-38(49)44-32(20-25-5-2-1-3-6-25)35(46)22-29(40(51)52)19-26-12-14-30(15-13-26)42-36(47)16-17-37(48)43-34(39(50)45-33)23-31-7-4-18-53-31/h1-15,18,29,32-34H,16-17,19-23H2,(H,42,47)(H,43,48)(H,44,49)(H,45,50)(H,51,52)/t29-,32-,33+,34-/m1/s1. The highest BCUT2D eigenvalue weighted by Crippen LogP contribution is 2.19. The highest BCUT2D eigenvalue weighted by molar-refractivity contribution is 7.09. The van der Waals surface area contributed by atoms with Crippen LogP contribution in [0.4, 0.5) is 5.69 Å². The van der Waals surface area contributed by atoms with E-state index >= 15 is 0 Å². The van der Waals surface area contributed by atoms with Gasteiger partial charge in [0, 0.05) is 42.7 Å². The lowest BCUT2D eigenvalue weighted by atomic mass is 9.90. The van der Waals surface area contributed by atoms with E-state index in [9.17, 15) is 39.1 Å². The fraction of sp³-hybridized carbons (Fsp3) is 0.275. The van der Waals surface area contributed by atoms with Gasteiger partial charge in [-0.3, -0.25) is 28.8 Å². The lowest BCUT2D eigenvalue weighted by molar-refractivity contribution is -0.144. The summed E-state index contributed by atoms with van der Waals surface area (Å²) in [7, 11) is 0. The number of nitrogens with zero attached hydrogens (tertiary/aromatic N) is 1. The van der Waals surface area contributed by atoms with Crippen LogP contribution in [0.15, 0.2) is 96.4 Å². The molecule has 2 bridgehead atoms. The fourth-order valence-electron chi connectivity index (χ4n) is 6.00. The molecule has 0 unspecified atom stereocenters. The molecule has 0 spiro atoms. The van der Waals surface area contributed by atoms with Gasteiger partial charge in [-0.05, 0) is 65.2 Å². The lowest BCUT2D eigenvalue weighted by Crippen LogP contribution is -2.57. The van der Waals surface area contributed by atoms with Gasteiger partial charge in [0.25, 0.3) is 0 Å². The van der Waals surface area contributed by atoms with E-state index in [4.69, 9.17) is 0 Å². The highest BCUT2D eigenvalue weighted by Gasteiger charge is 2.32. The molecular weight excluding hydrogens is 695 g/mol. The number of ketones is 1. The third kappa shape index (κ3) is 11.4. The van der Waals surface area contributed by atoms with Crippen LogP contribution in [0.3, 0.4) is 0 Å². The first-order valence-electron chi connectivity index (χ1n) is 17.2. The van der Waals surface area contributed by atoms with Crippen LogP contribution >= 0.6 is 11.3 Å². The summed E-state index contributed by atoms with van der Waals surface area (Å²) in [5.41, 5.74) is 2.81. The predicted octanol–water partition coefficient (Wildman–Crippen LogP) is 3.74. The van der Waals surface area contributed by atoms with Gasteiger partial charge in [-0.15, -0.1) is 11.3 Å². The van der Waals surface area contributed by atoms with Crippen LogP contribution < -0.4 is 21.3 Å². The molecule has 13 heteroatoms. The first kappa shape index (κ1) is 38.1. The Kier molecular flexibility index (Phi) is 13.2. The van der Waals surface area contributed by atoms with Crippen molar-refractivity contribution in [3.05, 3.63) is 124 Å². The number of amides is 4. The maximum Gasteiger partial charge on any atom is 0.307 e. The maximum atomic E-state index is 14.2. The van der Waals surface area contributed by atoms with Gasteiger partial charge in [-0.2, -0.15) is 5.26 Å². The van der Waals surface area contributed by atoms with Crippen LogP contribution in [-0.2, 0) is 54.5 Å². The molecule has 5 N–H and O–H groups in total. The van der Waals surface area contributed by atoms with E-state index in [1.165, 1.54) is 11.3 Å². The zero-order chi connectivity index (χ0) is 37.7. The summed E-state index contributed by atoms with van der Waals surface area (Å²) in [6.07, 6.45) is -0.584. The van der Waals surface area contributed by atoms with Crippen molar-refractivity contribution in [2.45, 2.75) is 63.1 Å². The Bertz CT molecular complexity index is 1960. The van der Waals surface area contributed by atoms with E-state index in [-0.39, 0.29) is 44.9 Å². The summed E-state index contributed by atoms with van der Waals surface area (Å²) in [6, 6.07) is 24.2. The number of rotatable bonds is 7. The average molecular weight is 734 g/mol. The Morgan fingerprint density at radius 2 is 1.32 bits per heavy atom. The van der Waals surface area contributed by atoms with Crippen molar-refractivity contribution in [1.82, 2.24) is 16.0 Å². The minimum absolute atomic E-state index is 0.0183. The molecule has 4 amide bonds. The van der Waals surface area contributed by atoms with Crippen LogP contribution in [0.2, 0.25) is 0 Å². The largest absolute Gasteiger partial charge is 0.481 e. The molecule has 6 rings (SSSR count). The topological polar surface area (TPSA) is 195 Å². The SMILES string of the molecule is N#Cc1ccc(C[C@@H]2NC(=O)[C@@H](Cc3cccs3)NC(=O)CCC(=O)Nc3ccc(cc3)C[C@@H](C(=O)O)CC(=O)[C@@H](Cc3ccccc3)NC2=O)cc1. The van der Waals surface area contributed by atoms with Crippen LogP contribution in [0.5, 0.6) is 0 Å². The zero-order valence-electron chi connectivity index (χ0n) is 28.7. The number of thiophene rings is 1. The lowest BCUT2D eigenvalue weighted by Gasteiger charge is -2.26. The number of nitrogens with one attached hydrogen (secondary N) is 4. The molecule has 272 valence electrons. The molecule has 0 radical (unpaired) electrons. The number of hydrogen-bond donors (Lipinski definition) is 5. The molecule has 53 heavy (non-hydrogen) atoms. The van der Waals surface area contributed by atoms with Gasteiger partial charge in [0.15, 0.2) is 5.78 Å². The van der Waals surface area contributed by atoms with E-state index in [0.717, 1.165) is 10.4 Å². The number of hydrogen-bond acceptors (Lipinski definition) is 8. The smallest absolute Gasteiger partial charge is 0.307 e. The quantitative estimate of drug-likeness (QED) is 0.177. The number of benzene rings is 3. The zero-order valence-corrected chi connectivity index (χ0v) is 29.6. The molecule has 1 aromatic heterocycles.